The second kappa shape index (κ2) is 8.31. The number of carbonyl (C=O) groups is 3. The number of phenolic OH excluding ortho intramolecular Hbond substituents is 1. The van der Waals surface area contributed by atoms with Crippen LogP contribution in [0.2, 0.25) is 0 Å². The highest BCUT2D eigenvalue weighted by molar-refractivity contribution is 6.24. The van der Waals surface area contributed by atoms with Crippen LogP contribution >= 0.6 is 0 Å². The number of phenols is 1. The summed E-state index contributed by atoms with van der Waals surface area (Å²) in [5.41, 5.74) is -3.67. The monoisotopic (exact) mass is 484 g/mol. The topological polar surface area (TPSA) is 152 Å². The van der Waals surface area contributed by atoms with Crippen LogP contribution in [0.4, 0.5) is 0 Å². The fraction of sp³-hybridized carbons (Fsp3) is 0.519. The third kappa shape index (κ3) is 3.53. The average Bonchev–Trinajstić information content (AvgIpc) is 2.76. The van der Waals surface area contributed by atoms with Crippen molar-refractivity contribution in [1.29, 1.82) is 0 Å². The Balaban J connectivity index is 1.88. The molecule has 0 heterocycles. The van der Waals surface area contributed by atoms with E-state index in [1.807, 2.05) is 20.8 Å². The van der Waals surface area contributed by atoms with E-state index >= 15 is 0 Å². The normalized spacial score (nSPS) is 30.7. The molecular formula is C27H32O8. The number of aliphatic hydroxyl groups is 4. The zero-order chi connectivity index (χ0) is 26.0. The number of aliphatic hydroxyl groups excluding tert-OH is 3. The van der Waals surface area contributed by atoms with Crippen LogP contribution in [0.3, 0.4) is 0 Å². The quantitative estimate of drug-likeness (QED) is 0.399. The van der Waals surface area contributed by atoms with Gasteiger partial charge in [0.25, 0.3) is 0 Å². The molecule has 5 unspecified atom stereocenters. The largest absolute Gasteiger partial charge is 0.508 e. The molecule has 188 valence electrons. The molecule has 1 aromatic carbocycles. The average molecular weight is 485 g/mol. The Morgan fingerprint density at radius 2 is 1.83 bits per heavy atom. The van der Waals surface area contributed by atoms with Crippen LogP contribution in [0.5, 0.6) is 5.75 Å². The van der Waals surface area contributed by atoms with Crippen molar-refractivity contribution in [3.05, 3.63) is 46.2 Å². The molecular weight excluding hydrogens is 452 g/mol. The minimum atomic E-state index is -2.76. The zero-order valence-corrected chi connectivity index (χ0v) is 20.3. The zero-order valence-electron chi connectivity index (χ0n) is 20.3. The first-order chi connectivity index (χ1) is 16.3. The van der Waals surface area contributed by atoms with Crippen LogP contribution in [0.15, 0.2) is 35.1 Å². The van der Waals surface area contributed by atoms with E-state index in [1.165, 1.54) is 6.07 Å². The molecule has 1 saturated carbocycles. The number of hydrogen-bond donors (Lipinski definition) is 5. The number of Topliss-reactive ketones (excluding diaryl/α,β-unsaturated/α-hetero) is 3. The van der Waals surface area contributed by atoms with Gasteiger partial charge in [-0.05, 0) is 29.4 Å². The molecule has 35 heavy (non-hydrogen) atoms. The summed E-state index contributed by atoms with van der Waals surface area (Å²) >= 11 is 0. The number of aromatic hydroxyl groups is 1. The van der Waals surface area contributed by atoms with Gasteiger partial charge in [0.05, 0.1) is 11.7 Å². The molecule has 0 aliphatic heterocycles. The molecule has 5 N–H and O–H groups in total. The summed E-state index contributed by atoms with van der Waals surface area (Å²) in [5, 5.41) is 55.3. The number of rotatable bonds is 5. The Morgan fingerprint density at radius 1 is 1.17 bits per heavy atom. The van der Waals surface area contributed by atoms with Crippen molar-refractivity contribution < 1.29 is 39.9 Å². The van der Waals surface area contributed by atoms with Crippen molar-refractivity contribution in [3.8, 4) is 5.75 Å². The lowest BCUT2D eigenvalue weighted by Crippen LogP contribution is -2.63. The predicted molar refractivity (Wildman–Crippen MR) is 127 cm³/mol. The highest BCUT2D eigenvalue weighted by Crippen LogP contribution is 2.55. The standard InChI is InChI=1S/C27H32O8/c1-5-9-26(3,4)11-17(30)20-16(29)10-14-22(31)18-12(2)13-7-6-8-15(28)19(13)23(32)21(18)25(34)27(14,35)24(20)33/h6-8,12,14,18,22,28,31-33,35H,5,9-11H2,1-4H3. The summed E-state index contributed by atoms with van der Waals surface area (Å²) in [7, 11) is 0. The molecule has 4 rings (SSSR count). The summed E-state index contributed by atoms with van der Waals surface area (Å²) in [6.45, 7) is 7.38. The van der Waals surface area contributed by atoms with Gasteiger partial charge >= 0.3 is 0 Å². The molecule has 0 saturated heterocycles. The first kappa shape index (κ1) is 25.1. The molecule has 0 aromatic heterocycles. The number of carbonyl (C=O) groups excluding carboxylic acids is 3. The van der Waals surface area contributed by atoms with Crippen molar-refractivity contribution in [2.24, 2.45) is 17.3 Å². The van der Waals surface area contributed by atoms with E-state index in [-0.39, 0.29) is 23.3 Å². The highest BCUT2D eigenvalue weighted by atomic mass is 16.4. The number of benzene rings is 1. The molecule has 3 aliphatic rings. The van der Waals surface area contributed by atoms with Crippen molar-refractivity contribution in [2.45, 2.75) is 71.0 Å². The molecule has 5 atom stereocenters. The van der Waals surface area contributed by atoms with Crippen LogP contribution in [-0.4, -0.2) is 54.6 Å². The first-order valence-electron chi connectivity index (χ1n) is 12.0. The maximum Gasteiger partial charge on any atom is 0.202 e. The smallest absolute Gasteiger partial charge is 0.202 e. The maximum absolute atomic E-state index is 13.7. The highest BCUT2D eigenvalue weighted by Gasteiger charge is 2.64. The second-order valence-electron chi connectivity index (χ2n) is 10.9. The molecule has 0 amide bonds. The number of hydrogen-bond acceptors (Lipinski definition) is 8. The summed E-state index contributed by atoms with van der Waals surface area (Å²) in [6, 6.07) is 4.57. The second-order valence-corrected chi connectivity index (χ2v) is 10.9. The van der Waals surface area contributed by atoms with E-state index < -0.39 is 75.7 Å². The first-order valence-corrected chi connectivity index (χ1v) is 12.0. The Morgan fingerprint density at radius 3 is 2.46 bits per heavy atom. The van der Waals surface area contributed by atoms with Gasteiger partial charge in [0.2, 0.25) is 5.78 Å². The van der Waals surface area contributed by atoms with Crippen LogP contribution in [0, 0.1) is 17.3 Å². The lowest BCUT2D eigenvalue weighted by molar-refractivity contribution is -0.160. The van der Waals surface area contributed by atoms with E-state index in [1.54, 1.807) is 19.1 Å². The van der Waals surface area contributed by atoms with Gasteiger partial charge in [-0.15, -0.1) is 0 Å². The van der Waals surface area contributed by atoms with Crippen molar-refractivity contribution in [3.63, 3.8) is 0 Å². The summed E-state index contributed by atoms with van der Waals surface area (Å²) in [6.07, 6.45) is -0.573. The minimum absolute atomic E-state index is 0.0156. The van der Waals surface area contributed by atoms with Gasteiger partial charge in [0, 0.05) is 30.3 Å². The summed E-state index contributed by atoms with van der Waals surface area (Å²) in [4.78, 5) is 39.9. The Kier molecular flexibility index (Phi) is 5.97. The van der Waals surface area contributed by atoms with E-state index in [2.05, 4.69) is 0 Å². The molecule has 1 aromatic rings. The molecule has 0 bridgehead atoms. The number of allylic oxidation sites excluding steroid dienone is 1. The Labute approximate surface area is 203 Å². The van der Waals surface area contributed by atoms with Gasteiger partial charge in [-0.25, -0.2) is 0 Å². The summed E-state index contributed by atoms with van der Waals surface area (Å²) < 4.78 is 0. The van der Waals surface area contributed by atoms with Gasteiger partial charge in [0.15, 0.2) is 17.2 Å². The molecule has 8 nitrogen and oxygen atoms in total. The van der Waals surface area contributed by atoms with Gasteiger partial charge in [-0.3, -0.25) is 14.4 Å². The van der Waals surface area contributed by atoms with E-state index in [4.69, 9.17) is 0 Å². The Bertz CT molecular complexity index is 1190. The van der Waals surface area contributed by atoms with Crippen molar-refractivity contribution in [1.82, 2.24) is 0 Å². The minimum Gasteiger partial charge on any atom is -0.508 e. The van der Waals surface area contributed by atoms with E-state index in [0.717, 1.165) is 6.42 Å². The molecule has 1 fully saturated rings. The number of ketones is 3. The third-order valence-electron chi connectivity index (χ3n) is 7.96. The Hall–Kier alpha value is -2.97. The van der Waals surface area contributed by atoms with E-state index in [0.29, 0.717) is 12.0 Å². The predicted octanol–water partition coefficient (Wildman–Crippen LogP) is 3.26. The third-order valence-corrected chi connectivity index (χ3v) is 7.96. The van der Waals surface area contributed by atoms with Crippen LogP contribution in [0.25, 0.3) is 5.76 Å². The number of fused-ring (bicyclic) bond motifs is 3. The van der Waals surface area contributed by atoms with Gasteiger partial charge in [0.1, 0.15) is 22.8 Å². The fourth-order valence-corrected chi connectivity index (χ4v) is 6.28. The van der Waals surface area contributed by atoms with Gasteiger partial charge in [-0.2, -0.15) is 0 Å². The van der Waals surface area contributed by atoms with E-state index in [9.17, 15) is 39.9 Å². The lowest BCUT2D eigenvalue weighted by atomic mass is 9.55. The molecule has 3 aliphatic carbocycles. The summed E-state index contributed by atoms with van der Waals surface area (Å²) in [5.74, 6) is -7.38. The maximum atomic E-state index is 13.7. The van der Waals surface area contributed by atoms with Gasteiger partial charge < -0.3 is 25.5 Å². The van der Waals surface area contributed by atoms with Crippen LogP contribution in [0.1, 0.15) is 70.4 Å². The lowest BCUT2D eigenvalue weighted by Gasteiger charge is -2.50. The van der Waals surface area contributed by atoms with Crippen LogP contribution in [-0.2, 0) is 14.4 Å². The van der Waals surface area contributed by atoms with Gasteiger partial charge in [-0.1, -0.05) is 46.2 Å². The molecule has 0 spiro atoms. The van der Waals surface area contributed by atoms with Crippen LogP contribution < -0.4 is 0 Å². The molecule has 0 radical (unpaired) electrons. The molecule has 8 heteroatoms. The van der Waals surface area contributed by atoms with Crippen molar-refractivity contribution in [2.75, 3.05) is 0 Å². The fourth-order valence-electron chi connectivity index (χ4n) is 6.28. The van der Waals surface area contributed by atoms with Crippen molar-refractivity contribution >= 4 is 23.1 Å². The SMILES string of the molecule is CCCC(C)(C)CC(=O)C1=C(O)C2(O)C(=O)C3=C(O)c4c(O)cccc4C(C)C3C(O)C2CC1=O.